The van der Waals surface area contributed by atoms with Crippen molar-refractivity contribution >= 4 is 10.2 Å². The van der Waals surface area contributed by atoms with Gasteiger partial charge in [0.15, 0.2) is 0 Å². The van der Waals surface area contributed by atoms with Crippen LogP contribution < -0.4 is 0 Å². The minimum atomic E-state index is -3.25. The highest BCUT2D eigenvalue weighted by molar-refractivity contribution is 7.86. The van der Waals surface area contributed by atoms with Gasteiger partial charge in [0.2, 0.25) is 0 Å². The molecule has 0 spiro atoms. The lowest BCUT2D eigenvalue weighted by Crippen LogP contribution is -2.53. The first-order valence-electron chi connectivity index (χ1n) is 6.83. The summed E-state index contributed by atoms with van der Waals surface area (Å²) in [6, 6.07) is 0.0442. The first kappa shape index (κ1) is 15.9. The molecule has 1 aliphatic heterocycles. The van der Waals surface area contributed by atoms with Gasteiger partial charge >= 0.3 is 0 Å². The standard InChI is InChI=1S/C13H28N2O2S/c1-11(2)15-9-7-8-14(18(15,16)17)10-12(3)13(4,5)6/h11-12H,7-10H2,1-6H3. The molecule has 1 saturated heterocycles. The van der Waals surface area contributed by atoms with Crippen molar-refractivity contribution < 1.29 is 8.42 Å². The van der Waals surface area contributed by atoms with Crippen LogP contribution in [-0.2, 0) is 10.2 Å². The van der Waals surface area contributed by atoms with Gasteiger partial charge in [-0.25, -0.2) is 0 Å². The van der Waals surface area contributed by atoms with Crippen molar-refractivity contribution in [3.8, 4) is 0 Å². The van der Waals surface area contributed by atoms with Crippen molar-refractivity contribution in [2.24, 2.45) is 11.3 Å². The van der Waals surface area contributed by atoms with Crippen molar-refractivity contribution in [1.82, 2.24) is 8.61 Å². The summed E-state index contributed by atoms with van der Waals surface area (Å²) in [6.45, 7) is 14.4. The predicted octanol–water partition coefficient (Wildman–Crippen LogP) is 2.33. The molecule has 4 nitrogen and oxygen atoms in total. The summed E-state index contributed by atoms with van der Waals surface area (Å²) in [4.78, 5) is 0. The third-order valence-corrected chi connectivity index (χ3v) is 6.12. The SMILES string of the molecule is CC(C)N1CCCN(CC(C)C(C)(C)C)S1(=O)=O. The van der Waals surface area contributed by atoms with Gasteiger partial charge in [0.05, 0.1) is 0 Å². The molecular weight excluding hydrogens is 248 g/mol. The highest BCUT2D eigenvalue weighted by atomic mass is 32.2. The van der Waals surface area contributed by atoms with Crippen LogP contribution >= 0.6 is 0 Å². The summed E-state index contributed by atoms with van der Waals surface area (Å²) in [7, 11) is -3.25. The minimum absolute atomic E-state index is 0.0442. The molecule has 1 fully saturated rings. The van der Waals surface area contributed by atoms with Crippen LogP contribution in [0.3, 0.4) is 0 Å². The van der Waals surface area contributed by atoms with E-state index < -0.39 is 10.2 Å². The van der Waals surface area contributed by atoms with E-state index in [0.29, 0.717) is 25.6 Å². The monoisotopic (exact) mass is 276 g/mol. The van der Waals surface area contributed by atoms with E-state index >= 15 is 0 Å². The zero-order valence-electron chi connectivity index (χ0n) is 12.6. The summed E-state index contributed by atoms with van der Waals surface area (Å²) in [5, 5.41) is 0. The Morgan fingerprint density at radius 1 is 1.11 bits per heavy atom. The van der Waals surface area contributed by atoms with Gasteiger partial charge in [0, 0.05) is 25.7 Å². The van der Waals surface area contributed by atoms with Crippen LogP contribution in [0.5, 0.6) is 0 Å². The normalized spacial score (nSPS) is 24.4. The lowest BCUT2D eigenvalue weighted by Gasteiger charge is -2.39. The Hall–Kier alpha value is -0.130. The van der Waals surface area contributed by atoms with Gasteiger partial charge in [-0.2, -0.15) is 17.0 Å². The molecule has 1 rings (SSSR count). The van der Waals surface area contributed by atoms with Crippen molar-refractivity contribution in [2.45, 2.75) is 54.0 Å². The first-order chi connectivity index (χ1) is 8.06. The zero-order chi connectivity index (χ0) is 14.1. The summed E-state index contributed by atoms with van der Waals surface area (Å²) < 4.78 is 28.2. The molecule has 108 valence electrons. The molecule has 1 heterocycles. The Morgan fingerprint density at radius 2 is 1.67 bits per heavy atom. The third-order valence-electron chi connectivity index (χ3n) is 3.94. The van der Waals surface area contributed by atoms with E-state index in [1.807, 2.05) is 13.8 Å². The second-order valence-corrected chi connectivity index (χ2v) is 8.57. The Morgan fingerprint density at radius 3 is 2.11 bits per heavy atom. The lowest BCUT2D eigenvalue weighted by atomic mass is 9.82. The third kappa shape index (κ3) is 3.45. The average molecular weight is 276 g/mol. The number of hydrogen-bond donors (Lipinski definition) is 0. The molecule has 1 unspecified atom stereocenters. The summed E-state index contributed by atoms with van der Waals surface area (Å²) >= 11 is 0. The molecule has 0 bridgehead atoms. The van der Waals surface area contributed by atoms with Gasteiger partial charge in [-0.15, -0.1) is 0 Å². The maximum absolute atomic E-state index is 12.5. The van der Waals surface area contributed by atoms with E-state index in [4.69, 9.17) is 0 Å². The van der Waals surface area contributed by atoms with Crippen molar-refractivity contribution in [1.29, 1.82) is 0 Å². The second-order valence-electron chi connectivity index (χ2n) is 6.69. The molecule has 1 atom stereocenters. The van der Waals surface area contributed by atoms with Gasteiger partial charge in [-0.05, 0) is 31.6 Å². The van der Waals surface area contributed by atoms with Crippen LogP contribution in [0.25, 0.3) is 0 Å². The fourth-order valence-electron chi connectivity index (χ4n) is 2.07. The Balaban J connectivity index is 2.84. The molecule has 0 aromatic carbocycles. The summed E-state index contributed by atoms with van der Waals surface area (Å²) in [6.07, 6.45) is 0.925. The molecule has 0 amide bonds. The number of nitrogens with zero attached hydrogens (tertiary/aromatic N) is 2. The molecule has 5 heteroatoms. The molecule has 18 heavy (non-hydrogen) atoms. The molecule has 0 radical (unpaired) electrons. The van der Waals surface area contributed by atoms with Crippen molar-refractivity contribution in [3.63, 3.8) is 0 Å². The molecule has 0 aromatic heterocycles. The van der Waals surface area contributed by atoms with Crippen molar-refractivity contribution in [3.05, 3.63) is 0 Å². The molecule has 0 N–H and O–H groups in total. The van der Waals surface area contributed by atoms with Gasteiger partial charge in [-0.3, -0.25) is 0 Å². The van der Waals surface area contributed by atoms with Gasteiger partial charge in [-0.1, -0.05) is 27.7 Å². The van der Waals surface area contributed by atoms with Crippen LogP contribution in [0.2, 0.25) is 0 Å². The zero-order valence-corrected chi connectivity index (χ0v) is 13.4. The lowest BCUT2D eigenvalue weighted by molar-refractivity contribution is 0.185. The fourth-order valence-corrected chi connectivity index (χ4v) is 4.03. The topological polar surface area (TPSA) is 40.6 Å². The highest BCUT2D eigenvalue weighted by Crippen LogP contribution is 2.28. The Bertz CT molecular complexity index is 371. The van der Waals surface area contributed by atoms with Gasteiger partial charge in [0.25, 0.3) is 10.2 Å². The van der Waals surface area contributed by atoms with Gasteiger partial charge < -0.3 is 0 Å². The molecule has 0 saturated carbocycles. The maximum Gasteiger partial charge on any atom is 0.282 e. The van der Waals surface area contributed by atoms with Crippen LogP contribution in [0.15, 0.2) is 0 Å². The fraction of sp³-hybridized carbons (Fsp3) is 1.00. The second kappa shape index (κ2) is 5.47. The number of hydrogen-bond acceptors (Lipinski definition) is 2. The van der Waals surface area contributed by atoms with Crippen LogP contribution in [0, 0.1) is 11.3 Å². The van der Waals surface area contributed by atoms with E-state index in [1.54, 1.807) is 8.61 Å². The van der Waals surface area contributed by atoms with Crippen LogP contribution in [-0.4, -0.2) is 42.7 Å². The summed E-state index contributed by atoms with van der Waals surface area (Å²) in [5.74, 6) is 0.347. The van der Waals surface area contributed by atoms with E-state index in [-0.39, 0.29) is 11.5 Å². The molecular formula is C13H28N2O2S. The Labute approximate surface area is 113 Å². The van der Waals surface area contributed by atoms with Crippen LogP contribution in [0.4, 0.5) is 0 Å². The first-order valence-corrected chi connectivity index (χ1v) is 8.23. The van der Waals surface area contributed by atoms with Crippen molar-refractivity contribution in [2.75, 3.05) is 19.6 Å². The molecule has 0 aromatic rings. The van der Waals surface area contributed by atoms with E-state index in [9.17, 15) is 8.42 Å². The predicted molar refractivity (Wildman–Crippen MR) is 75.6 cm³/mol. The average Bonchev–Trinajstić information content (AvgIpc) is 2.18. The molecule has 1 aliphatic rings. The summed E-state index contributed by atoms with van der Waals surface area (Å²) in [5.41, 5.74) is 0.135. The smallest absolute Gasteiger partial charge is 0.195 e. The molecule has 0 aliphatic carbocycles. The Kier molecular flexibility index (Phi) is 4.84. The largest absolute Gasteiger partial charge is 0.282 e. The minimum Gasteiger partial charge on any atom is -0.195 e. The van der Waals surface area contributed by atoms with E-state index in [0.717, 1.165) is 6.42 Å². The van der Waals surface area contributed by atoms with E-state index in [1.165, 1.54) is 0 Å². The number of rotatable bonds is 3. The van der Waals surface area contributed by atoms with Gasteiger partial charge in [0.1, 0.15) is 0 Å². The highest BCUT2D eigenvalue weighted by Gasteiger charge is 2.37. The maximum atomic E-state index is 12.5. The van der Waals surface area contributed by atoms with E-state index in [2.05, 4.69) is 27.7 Å². The van der Waals surface area contributed by atoms with Crippen LogP contribution in [0.1, 0.15) is 48.0 Å². The quantitative estimate of drug-likeness (QED) is 0.794.